The maximum Gasteiger partial charge on any atom is 0.433 e. The van der Waals surface area contributed by atoms with E-state index in [-0.39, 0.29) is 11.6 Å². The largest absolute Gasteiger partial charge is 0.433 e. The van der Waals surface area contributed by atoms with Crippen LogP contribution in [0.4, 0.5) is 13.2 Å². The van der Waals surface area contributed by atoms with E-state index in [1.54, 1.807) is 12.1 Å². The Hall–Kier alpha value is -1.83. The topological polar surface area (TPSA) is 46.9 Å². The lowest BCUT2D eigenvalue weighted by atomic mass is 9.89. The second-order valence-electron chi connectivity index (χ2n) is 6.41. The van der Waals surface area contributed by atoms with Crippen LogP contribution in [0.25, 0.3) is 10.6 Å². The smallest absolute Gasteiger partial charge is 0.351 e. The standard InChI is InChI=1S/C17H20F3N3OS/c1-23-15(17(18,19)20)9-12(22-23)13-7-8-14(25-13)16(24)21-10-11-5-3-2-4-6-11/h7-9,11H,2-6,10H2,1H3,(H,21,24). The van der Waals surface area contributed by atoms with Crippen molar-refractivity contribution in [2.45, 2.75) is 38.3 Å². The minimum atomic E-state index is -4.45. The van der Waals surface area contributed by atoms with Crippen LogP contribution < -0.4 is 5.32 Å². The highest BCUT2D eigenvalue weighted by Gasteiger charge is 2.35. The summed E-state index contributed by atoms with van der Waals surface area (Å²) in [4.78, 5) is 13.3. The minimum absolute atomic E-state index is 0.172. The van der Waals surface area contributed by atoms with Crippen LogP contribution >= 0.6 is 11.3 Å². The van der Waals surface area contributed by atoms with E-state index in [2.05, 4.69) is 10.4 Å². The van der Waals surface area contributed by atoms with E-state index in [9.17, 15) is 18.0 Å². The Labute approximate surface area is 148 Å². The maximum atomic E-state index is 12.9. The lowest BCUT2D eigenvalue weighted by Crippen LogP contribution is -2.29. The Morgan fingerprint density at radius 2 is 2.04 bits per heavy atom. The number of hydrogen-bond donors (Lipinski definition) is 1. The normalized spacial score (nSPS) is 16.2. The number of amides is 1. The zero-order valence-corrected chi connectivity index (χ0v) is 14.7. The first kappa shape index (κ1) is 18.0. The maximum absolute atomic E-state index is 12.9. The average Bonchev–Trinajstić information content (AvgIpc) is 3.19. The van der Waals surface area contributed by atoms with E-state index in [0.717, 1.165) is 34.9 Å². The lowest BCUT2D eigenvalue weighted by molar-refractivity contribution is -0.143. The predicted octanol–water partition coefficient (Wildman–Crippen LogP) is 4.48. The summed E-state index contributed by atoms with van der Waals surface area (Å²) >= 11 is 1.16. The van der Waals surface area contributed by atoms with Gasteiger partial charge in [-0.3, -0.25) is 9.48 Å². The number of rotatable bonds is 4. The summed E-state index contributed by atoms with van der Waals surface area (Å²) in [5, 5.41) is 6.85. The van der Waals surface area contributed by atoms with Gasteiger partial charge in [0.25, 0.3) is 5.91 Å². The first-order valence-corrected chi connectivity index (χ1v) is 9.16. The van der Waals surface area contributed by atoms with Gasteiger partial charge >= 0.3 is 6.18 Å². The van der Waals surface area contributed by atoms with Gasteiger partial charge in [0, 0.05) is 13.6 Å². The SMILES string of the molecule is Cn1nc(-c2ccc(C(=O)NCC3CCCCC3)s2)cc1C(F)(F)F. The zero-order chi connectivity index (χ0) is 18.0. The van der Waals surface area contributed by atoms with Crippen LogP contribution in [-0.4, -0.2) is 22.2 Å². The molecule has 1 N–H and O–H groups in total. The molecule has 0 spiro atoms. The lowest BCUT2D eigenvalue weighted by Gasteiger charge is -2.21. The number of aromatic nitrogens is 2. The molecule has 8 heteroatoms. The number of halogens is 3. The third-order valence-electron chi connectivity index (χ3n) is 4.53. The van der Waals surface area contributed by atoms with Gasteiger partial charge in [-0.25, -0.2) is 0 Å². The fourth-order valence-corrected chi connectivity index (χ4v) is 4.04. The van der Waals surface area contributed by atoms with Crippen molar-refractivity contribution >= 4 is 17.2 Å². The Morgan fingerprint density at radius 1 is 1.32 bits per heavy atom. The molecule has 0 bridgehead atoms. The molecule has 25 heavy (non-hydrogen) atoms. The number of carbonyl (C=O) groups is 1. The first-order chi connectivity index (χ1) is 11.8. The van der Waals surface area contributed by atoms with Gasteiger partial charge in [-0.05, 0) is 37.0 Å². The Kier molecular flexibility index (Phi) is 5.17. The highest BCUT2D eigenvalue weighted by atomic mass is 32.1. The molecule has 4 nitrogen and oxygen atoms in total. The molecule has 3 rings (SSSR count). The van der Waals surface area contributed by atoms with Crippen molar-refractivity contribution in [2.24, 2.45) is 13.0 Å². The number of hydrogen-bond acceptors (Lipinski definition) is 3. The van der Waals surface area contributed by atoms with Crippen molar-refractivity contribution in [2.75, 3.05) is 6.54 Å². The summed E-state index contributed by atoms with van der Waals surface area (Å²) in [7, 11) is 1.26. The van der Waals surface area contributed by atoms with Gasteiger partial charge in [-0.15, -0.1) is 11.3 Å². The number of aryl methyl sites for hydroxylation is 1. The molecule has 1 fully saturated rings. The Morgan fingerprint density at radius 3 is 2.68 bits per heavy atom. The van der Waals surface area contributed by atoms with Crippen molar-refractivity contribution in [3.63, 3.8) is 0 Å². The fraction of sp³-hybridized carbons (Fsp3) is 0.529. The second kappa shape index (κ2) is 7.19. The molecule has 1 saturated carbocycles. The van der Waals surface area contributed by atoms with Crippen LogP contribution in [0.2, 0.25) is 0 Å². The molecule has 1 amide bonds. The molecule has 0 aromatic carbocycles. The molecular formula is C17H20F3N3OS. The summed E-state index contributed by atoms with van der Waals surface area (Å²) in [5.41, 5.74) is -0.578. The third-order valence-corrected chi connectivity index (χ3v) is 5.64. The van der Waals surface area contributed by atoms with Crippen LogP contribution in [0.15, 0.2) is 18.2 Å². The average molecular weight is 371 g/mol. The van der Waals surface area contributed by atoms with Crippen LogP contribution in [0.5, 0.6) is 0 Å². The van der Waals surface area contributed by atoms with Crippen molar-refractivity contribution in [3.05, 3.63) is 28.8 Å². The Balaban J connectivity index is 1.66. The number of alkyl halides is 3. The molecule has 0 unspecified atom stereocenters. The van der Waals surface area contributed by atoms with Crippen LogP contribution in [0, 0.1) is 5.92 Å². The van der Waals surface area contributed by atoms with Gasteiger partial charge < -0.3 is 5.32 Å². The first-order valence-electron chi connectivity index (χ1n) is 8.34. The van der Waals surface area contributed by atoms with Crippen molar-refractivity contribution in [1.29, 1.82) is 0 Å². The number of thiophene rings is 1. The fourth-order valence-electron chi connectivity index (χ4n) is 3.17. The number of carbonyl (C=O) groups excluding carboxylic acids is 1. The van der Waals surface area contributed by atoms with Gasteiger partial charge in [0.1, 0.15) is 11.4 Å². The van der Waals surface area contributed by atoms with Crippen LogP contribution in [0.1, 0.15) is 47.5 Å². The highest BCUT2D eigenvalue weighted by Crippen LogP contribution is 2.34. The zero-order valence-electron chi connectivity index (χ0n) is 13.9. The molecular weight excluding hydrogens is 351 g/mol. The summed E-state index contributed by atoms with van der Waals surface area (Å²) in [6, 6.07) is 4.29. The molecule has 0 radical (unpaired) electrons. The molecule has 0 saturated heterocycles. The van der Waals surface area contributed by atoms with Gasteiger partial charge in [0.15, 0.2) is 0 Å². The summed E-state index contributed by atoms with van der Waals surface area (Å²) < 4.78 is 39.4. The van der Waals surface area contributed by atoms with Gasteiger partial charge in [0.2, 0.25) is 0 Å². The molecule has 0 atom stereocenters. The molecule has 2 heterocycles. The van der Waals surface area contributed by atoms with Crippen LogP contribution in [0.3, 0.4) is 0 Å². The van der Waals surface area contributed by atoms with Gasteiger partial charge in [0.05, 0.1) is 9.75 Å². The summed E-state index contributed by atoms with van der Waals surface area (Å²) in [5.74, 6) is 0.357. The highest BCUT2D eigenvalue weighted by molar-refractivity contribution is 7.17. The summed E-state index contributed by atoms with van der Waals surface area (Å²) in [6.45, 7) is 0.661. The monoisotopic (exact) mass is 371 g/mol. The van der Waals surface area contributed by atoms with Crippen molar-refractivity contribution in [3.8, 4) is 10.6 Å². The second-order valence-corrected chi connectivity index (χ2v) is 7.50. The Bertz CT molecular complexity index is 745. The summed E-state index contributed by atoms with van der Waals surface area (Å²) in [6.07, 6.45) is 1.53. The predicted molar refractivity (Wildman–Crippen MR) is 90.4 cm³/mol. The molecule has 2 aromatic heterocycles. The molecule has 136 valence electrons. The molecule has 2 aromatic rings. The minimum Gasteiger partial charge on any atom is -0.351 e. The van der Waals surface area contributed by atoms with Crippen molar-refractivity contribution < 1.29 is 18.0 Å². The third kappa shape index (κ3) is 4.23. The van der Waals surface area contributed by atoms with Gasteiger partial charge in [-0.1, -0.05) is 19.3 Å². The van der Waals surface area contributed by atoms with E-state index in [4.69, 9.17) is 0 Å². The number of nitrogens with one attached hydrogen (secondary N) is 1. The van der Waals surface area contributed by atoms with Crippen LogP contribution in [-0.2, 0) is 13.2 Å². The number of nitrogens with zero attached hydrogens (tertiary/aromatic N) is 2. The van der Waals surface area contributed by atoms with E-state index in [0.29, 0.717) is 22.2 Å². The molecule has 0 aliphatic heterocycles. The van der Waals surface area contributed by atoms with Crippen molar-refractivity contribution in [1.82, 2.24) is 15.1 Å². The molecule has 1 aliphatic carbocycles. The van der Waals surface area contributed by atoms with E-state index >= 15 is 0 Å². The molecule has 1 aliphatic rings. The quantitative estimate of drug-likeness (QED) is 0.862. The van der Waals surface area contributed by atoms with Gasteiger partial charge in [-0.2, -0.15) is 18.3 Å². The van der Waals surface area contributed by atoms with E-state index < -0.39 is 11.9 Å². The van der Waals surface area contributed by atoms with E-state index in [1.807, 2.05) is 0 Å². The van der Waals surface area contributed by atoms with E-state index in [1.165, 1.54) is 26.3 Å².